The monoisotopic (exact) mass is 159 g/mol. The van der Waals surface area contributed by atoms with Crippen LogP contribution < -0.4 is 0 Å². The van der Waals surface area contributed by atoms with Crippen molar-refractivity contribution in [3.63, 3.8) is 0 Å². The average molecular weight is 159 g/mol. The van der Waals surface area contributed by atoms with E-state index in [4.69, 9.17) is 4.74 Å². The van der Waals surface area contributed by atoms with Gasteiger partial charge >= 0.3 is 0 Å². The first-order valence-electron chi connectivity index (χ1n) is 4.54. The molecule has 0 aromatic rings. The molecule has 0 heterocycles. The number of rotatable bonds is 7. The normalized spacial score (nSPS) is 10.9. The van der Waals surface area contributed by atoms with Crippen molar-refractivity contribution in [2.24, 2.45) is 0 Å². The smallest absolute Gasteiger partial charge is 0.106 e. The Morgan fingerprint density at radius 1 is 1.18 bits per heavy atom. The molecule has 0 rings (SSSR count). The Bertz CT molecular complexity index is 68.0. The second-order valence-electron chi connectivity index (χ2n) is 2.77. The molecule has 0 spiro atoms. The molecule has 0 aliphatic heterocycles. The first-order chi connectivity index (χ1) is 5.35. The minimum absolute atomic E-state index is 0.107. The molecule has 67 valence electrons. The highest BCUT2D eigenvalue weighted by atomic mass is 16.5. The van der Waals surface area contributed by atoms with Gasteiger partial charge in [0.15, 0.2) is 0 Å². The zero-order chi connectivity index (χ0) is 8.53. The molecule has 0 aromatic heterocycles. The number of hydrogen-bond acceptors (Lipinski definition) is 1. The summed E-state index contributed by atoms with van der Waals surface area (Å²) in [6.45, 7) is 4.56. The van der Waals surface area contributed by atoms with Gasteiger partial charge in [0.25, 0.3) is 0 Å². The summed E-state index contributed by atoms with van der Waals surface area (Å²) in [5, 5.41) is 10.1. The van der Waals surface area contributed by atoms with Crippen LogP contribution in [0.5, 0.6) is 0 Å². The van der Waals surface area contributed by atoms with Gasteiger partial charge in [0.05, 0.1) is 12.7 Å². The molecule has 0 aliphatic carbocycles. The van der Waals surface area contributed by atoms with Crippen LogP contribution >= 0.6 is 0 Å². The lowest BCUT2D eigenvalue weighted by Gasteiger charge is -2.14. The second kappa shape index (κ2) is 8.02. The van der Waals surface area contributed by atoms with Crippen molar-refractivity contribution in [2.75, 3.05) is 13.2 Å². The quantitative estimate of drug-likeness (QED) is 0.560. The van der Waals surface area contributed by atoms with Crippen LogP contribution in [0.3, 0.4) is 0 Å². The van der Waals surface area contributed by atoms with Crippen molar-refractivity contribution in [1.82, 2.24) is 0 Å². The van der Waals surface area contributed by atoms with Crippen molar-refractivity contribution in [1.29, 1.82) is 0 Å². The van der Waals surface area contributed by atoms with E-state index in [-0.39, 0.29) is 6.61 Å². The Labute approximate surface area is 69.6 Å². The maximum Gasteiger partial charge on any atom is 0.106 e. The molecule has 0 N–H and O–H groups in total. The van der Waals surface area contributed by atoms with E-state index in [1.807, 2.05) is 0 Å². The molecular weight excluding hydrogens is 140 g/mol. The third-order valence-corrected chi connectivity index (χ3v) is 1.66. The van der Waals surface area contributed by atoms with E-state index in [9.17, 15) is 5.11 Å². The summed E-state index contributed by atoms with van der Waals surface area (Å²) in [4.78, 5) is 0. The van der Waals surface area contributed by atoms with Crippen LogP contribution in [0, 0.1) is 0 Å². The molecule has 0 bridgehead atoms. The maximum absolute atomic E-state index is 10.1. The van der Waals surface area contributed by atoms with E-state index in [0.717, 1.165) is 25.7 Å². The SMILES string of the molecule is CCCC(CCC)OCC[O]. The van der Waals surface area contributed by atoms with Crippen LogP contribution in [0.15, 0.2) is 0 Å². The summed E-state index contributed by atoms with van der Waals surface area (Å²) < 4.78 is 5.36. The summed E-state index contributed by atoms with van der Waals surface area (Å²) in [5.74, 6) is 0. The van der Waals surface area contributed by atoms with Crippen molar-refractivity contribution >= 4 is 0 Å². The second-order valence-corrected chi connectivity index (χ2v) is 2.77. The molecule has 0 aliphatic rings. The first-order valence-corrected chi connectivity index (χ1v) is 4.54. The van der Waals surface area contributed by atoms with Crippen LogP contribution in [-0.2, 0) is 9.84 Å². The van der Waals surface area contributed by atoms with E-state index >= 15 is 0 Å². The fourth-order valence-corrected chi connectivity index (χ4v) is 1.17. The molecule has 0 saturated heterocycles. The Morgan fingerprint density at radius 3 is 2.09 bits per heavy atom. The molecule has 0 atom stereocenters. The third kappa shape index (κ3) is 6.32. The largest absolute Gasteiger partial charge is 0.376 e. The Kier molecular flexibility index (Phi) is 7.96. The van der Waals surface area contributed by atoms with Crippen LogP contribution in [0.4, 0.5) is 0 Å². The molecule has 11 heavy (non-hydrogen) atoms. The van der Waals surface area contributed by atoms with Crippen molar-refractivity contribution in [3.05, 3.63) is 0 Å². The van der Waals surface area contributed by atoms with Gasteiger partial charge < -0.3 is 4.74 Å². The number of hydrogen-bond donors (Lipinski definition) is 0. The van der Waals surface area contributed by atoms with Gasteiger partial charge in [-0.15, -0.1) is 0 Å². The Hall–Kier alpha value is -0.0800. The number of ether oxygens (including phenoxy) is 1. The fourth-order valence-electron chi connectivity index (χ4n) is 1.17. The van der Waals surface area contributed by atoms with Gasteiger partial charge in [0.1, 0.15) is 6.61 Å². The van der Waals surface area contributed by atoms with E-state index in [2.05, 4.69) is 13.8 Å². The van der Waals surface area contributed by atoms with E-state index in [1.54, 1.807) is 0 Å². The molecule has 0 amide bonds. The molecule has 0 fully saturated rings. The van der Waals surface area contributed by atoms with Gasteiger partial charge in [-0.25, -0.2) is 5.11 Å². The van der Waals surface area contributed by atoms with Crippen molar-refractivity contribution < 1.29 is 9.84 Å². The highest BCUT2D eigenvalue weighted by molar-refractivity contribution is 4.55. The zero-order valence-electron chi connectivity index (χ0n) is 7.64. The minimum atomic E-state index is -0.107. The predicted octanol–water partition coefficient (Wildman–Crippen LogP) is 2.40. The van der Waals surface area contributed by atoms with Crippen LogP contribution in [-0.4, -0.2) is 19.3 Å². The minimum Gasteiger partial charge on any atom is -0.376 e. The summed E-state index contributed by atoms with van der Waals surface area (Å²) in [7, 11) is 0. The Balaban J connectivity index is 3.34. The van der Waals surface area contributed by atoms with Gasteiger partial charge in [-0.2, -0.15) is 0 Å². The van der Waals surface area contributed by atoms with Gasteiger partial charge in [-0.3, -0.25) is 0 Å². The topological polar surface area (TPSA) is 29.1 Å². The molecule has 0 saturated carbocycles. The summed E-state index contributed by atoms with van der Waals surface area (Å²) in [5.41, 5.74) is 0. The average Bonchev–Trinajstić information content (AvgIpc) is 2.01. The highest BCUT2D eigenvalue weighted by Gasteiger charge is 2.05. The molecule has 2 heteroatoms. The molecule has 2 nitrogen and oxygen atoms in total. The highest BCUT2D eigenvalue weighted by Crippen LogP contribution is 2.08. The maximum atomic E-state index is 10.1. The van der Waals surface area contributed by atoms with Gasteiger partial charge in [-0.05, 0) is 12.8 Å². The lowest BCUT2D eigenvalue weighted by molar-refractivity contribution is 0.00386. The van der Waals surface area contributed by atoms with E-state index in [0.29, 0.717) is 12.7 Å². The summed E-state index contributed by atoms with van der Waals surface area (Å²) in [6.07, 6.45) is 4.80. The van der Waals surface area contributed by atoms with Crippen molar-refractivity contribution in [2.45, 2.75) is 45.6 Å². The van der Waals surface area contributed by atoms with Gasteiger partial charge in [-0.1, -0.05) is 26.7 Å². The zero-order valence-corrected chi connectivity index (χ0v) is 7.64. The lowest BCUT2D eigenvalue weighted by Crippen LogP contribution is -2.14. The fraction of sp³-hybridized carbons (Fsp3) is 1.00. The summed E-state index contributed by atoms with van der Waals surface area (Å²) >= 11 is 0. The third-order valence-electron chi connectivity index (χ3n) is 1.66. The van der Waals surface area contributed by atoms with Crippen molar-refractivity contribution in [3.8, 4) is 0 Å². The lowest BCUT2D eigenvalue weighted by atomic mass is 10.1. The van der Waals surface area contributed by atoms with Gasteiger partial charge in [0, 0.05) is 0 Å². The first kappa shape index (κ1) is 10.9. The standard InChI is InChI=1S/C9H19O2/c1-3-5-9(6-4-2)11-8-7-10/h9H,3-8H2,1-2H3. The van der Waals surface area contributed by atoms with Crippen LogP contribution in [0.1, 0.15) is 39.5 Å². The van der Waals surface area contributed by atoms with Crippen LogP contribution in [0.2, 0.25) is 0 Å². The molecule has 0 aromatic carbocycles. The van der Waals surface area contributed by atoms with E-state index in [1.165, 1.54) is 0 Å². The summed E-state index contributed by atoms with van der Waals surface area (Å²) in [6, 6.07) is 0. The molecule has 0 unspecified atom stereocenters. The molecular formula is C9H19O2. The Morgan fingerprint density at radius 2 is 1.73 bits per heavy atom. The predicted molar refractivity (Wildman–Crippen MR) is 45.1 cm³/mol. The molecule has 1 radical (unpaired) electrons. The van der Waals surface area contributed by atoms with E-state index < -0.39 is 0 Å². The van der Waals surface area contributed by atoms with Crippen LogP contribution in [0.25, 0.3) is 0 Å². The van der Waals surface area contributed by atoms with Gasteiger partial charge in [0.2, 0.25) is 0 Å².